The summed E-state index contributed by atoms with van der Waals surface area (Å²) < 4.78 is 35.4. The second-order valence-corrected chi connectivity index (χ2v) is 11.2. The predicted molar refractivity (Wildman–Crippen MR) is 144 cm³/mol. The Bertz CT molecular complexity index is 1250. The Morgan fingerprint density at radius 3 is 1.61 bits per heavy atom. The Morgan fingerprint density at radius 1 is 0.694 bits per heavy atom. The summed E-state index contributed by atoms with van der Waals surface area (Å²) in [6.45, 7) is 0.824. The molecule has 5 heteroatoms. The van der Waals surface area contributed by atoms with Crippen molar-refractivity contribution in [2.24, 2.45) is 0 Å². The fourth-order valence-corrected chi connectivity index (χ4v) is 7.01. The molecule has 1 aliphatic heterocycles. The first-order valence-corrected chi connectivity index (χ1v) is 14.0. The summed E-state index contributed by atoms with van der Waals surface area (Å²) in [5.74, 6) is 0.00549. The van der Waals surface area contributed by atoms with E-state index in [-0.39, 0.29) is 11.8 Å². The predicted octanol–water partition coefficient (Wildman–Crippen LogP) is 5.99. The largest absolute Gasteiger partial charge is 0.359 e. The lowest BCUT2D eigenvalue weighted by atomic mass is 9.80. The van der Waals surface area contributed by atoms with Crippen LogP contribution in [0.5, 0.6) is 0 Å². The van der Waals surface area contributed by atoms with Gasteiger partial charge >= 0.3 is 0 Å². The maximum Gasteiger partial charge on any atom is 0.218 e. The number of benzene rings is 4. The van der Waals surface area contributed by atoms with E-state index < -0.39 is 15.6 Å². The van der Waals surface area contributed by atoms with Crippen molar-refractivity contribution in [3.05, 3.63) is 144 Å². The van der Waals surface area contributed by atoms with Crippen LogP contribution in [0, 0.1) is 0 Å². The van der Waals surface area contributed by atoms with Crippen molar-refractivity contribution in [1.29, 1.82) is 0 Å². The molecule has 1 saturated heterocycles. The van der Waals surface area contributed by atoms with Gasteiger partial charge in [-0.05, 0) is 35.1 Å². The van der Waals surface area contributed by atoms with Crippen LogP contribution in [0.3, 0.4) is 0 Å². The molecular formula is C31H31NO3S. The Morgan fingerprint density at radius 2 is 1.14 bits per heavy atom. The van der Waals surface area contributed by atoms with Crippen LogP contribution in [-0.2, 0) is 26.1 Å². The molecule has 36 heavy (non-hydrogen) atoms. The second-order valence-electron chi connectivity index (χ2n) is 9.24. The molecule has 0 aliphatic carbocycles. The summed E-state index contributed by atoms with van der Waals surface area (Å²) in [5.41, 5.74) is 2.98. The number of hydrogen-bond acceptors (Lipinski definition) is 3. The van der Waals surface area contributed by atoms with Gasteiger partial charge in [0.2, 0.25) is 10.0 Å². The zero-order valence-electron chi connectivity index (χ0n) is 20.2. The normalized spacial score (nSPS) is 16.7. The van der Waals surface area contributed by atoms with Gasteiger partial charge in [-0.2, -0.15) is 4.31 Å². The highest BCUT2D eigenvalue weighted by atomic mass is 32.2. The maximum absolute atomic E-state index is 13.4. The van der Waals surface area contributed by atoms with Crippen LogP contribution in [0.4, 0.5) is 0 Å². The molecule has 4 aromatic carbocycles. The van der Waals surface area contributed by atoms with Crippen LogP contribution in [0.25, 0.3) is 0 Å². The van der Waals surface area contributed by atoms with Gasteiger partial charge in [-0.3, -0.25) is 0 Å². The smallest absolute Gasteiger partial charge is 0.218 e. The van der Waals surface area contributed by atoms with Crippen LogP contribution in [0.1, 0.15) is 35.1 Å². The summed E-state index contributed by atoms with van der Waals surface area (Å²) in [7, 11) is -3.47. The molecule has 0 unspecified atom stereocenters. The molecule has 1 atom stereocenters. The van der Waals surface area contributed by atoms with Gasteiger partial charge in [0.25, 0.3) is 0 Å². The van der Waals surface area contributed by atoms with Crippen molar-refractivity contribution in [2.45, 2.75) is 30.2 Å². The third kappa shape index (κ3) is 5.00. The minimum atomic E-state index is -3.47. The molecule has 0 bridgehead atoms. The molecule has 1 aliphatic rings. The van der Waals surface area contributed by atoms with Crippen molar-refractivity contribution in [3.8, 4) is 0 Å². The fraction of sp³-hybridized carbons (Fsp3) is 0.226. The van der Waals surface area contributed by atoms with E-state index in [0.717, 1.165) is 35.1 Å². The molecule has 184 valence electrons. The van der Waals surface area contributed by atoms with Gasteiger partial charge in [0.05, 0.1) is 12.4 Å². The highest BCUT2D eigenvalue weighted by Crippen LogP contribution is 2.41. The molecule has 1 heterocycles. The third-order valence-corrected chi connectivity index (χ3v) is 8.80. The lowest BCUT2D eigenvalue weighted by molar-refractivity contribution is -0.00593. The highest BCUT2D eigenvalue weighted by molar-refractivity contribution is 7.88. The number of sulfonamides is 1. The van der Waals surface area contributed by atoms with E-state index in [1.165, 1.54) is 0 Å². The van der Waals surface area contributed by atoms with E-state index in [1.54, 1.807) is 4.31 Å². The molecular weight excluding hydrogens is 466 g/mol. The minimum Gasteiger partial charge on any atom is -0.359 e. The lowest BCUT2D eigenvalue weighted by Crippen LogP contribution is -2.42. The van der Waals surface area contributed by atoms with E-state index in [2.05, 4.69) is 36.4 Å². The molecule has 5 rings (SSSR count). The zero-order valence-corrected chi connectivity index (χ0v) is 21.1. The SMILES string of the molecule is O=S(=O)(Cc1ccccc1)N1CCC[C@H]1COC(c1ccccc1)(c1ccccc1)c1ccccc1. The van der Waals surface area contributed by atoms with Gasteiger partial charge in [-0.15, -0.1) is 0 Å². The number of hydrogen-bond donors (Lipinski definition) is 0. The number of nitrogens with zero attached hydrogens (tertiary/aromatic N) is 1. The number of rotatable bonds is 9. The Hall–Kier alpha value is -3.25. The van der Waals surface area contributed by atoms with Crippen LogP contribution in [0.15, 0.2) is 121 Å². The van der Waals surface area contributed by atoms with Gasteiger partial charge in [0.1, 0.15) is 5.60 Å². The Kier molecular flexibility index (Phi) is 7.33. The molecule has 4 aromatic rings. The highest BCUT2D eigenvalue weighted by Gasteiger charge is 2.41. The molecule has 0 radical (unpaired) electrons. The van der Waals surface area contributed by atoms with Crippen molar-refractivity contribution < 1.29 is 13.2 Å². The minimum absolute atomic E-state index is 0.00549. The molecule has 0 aromatic heterocycles. The van der Waals surface area contributed by atoms with Gasteiger partial charge in [0, 0.05) is 12.6 Å². The second kappa shape index (κ2) is 10.8. The maximum atomic E-state index is 13.4. The molecule has 0 spiro atoms. The third-order valence-electron chi connectivity index (χ3n) is 6.91. The van der Waals surface area contributed by atoms with E-state index in [9.17, 15) is 8.42 Å². The first kappa shape index (κ1) is 24.4. The molecule has 0 N–H and O–H groups in total. The van der Waals surface area contributed by atoms with Crippen molar-refractivity contribution >= 4 is 10.0 Å². The fourth-order valence-electron chi connectivity index (χ4n) is 5.20. The molecule has 0 saturated carbocycles. The average Bonchev–Trinajstić information content (AvgIpc) is 3.41. The van der Waals surface area contributed by atoms with Crippen LogP contribution in [0.2, 0.25) is 0 Å². The zero-order chi connectivity index (χ0) is 24.8. The summed E-state index contributed by atoms with van der Waals surface area (Å²) in [4.78, 5) is 0. The van der Waals surface area contributed by atoms with E-state index in [1.807, 2.05) is 84.9 Å². The Labute approximate surface area is 214 Å². The lowest BCUT2D eigenvalue weighted by Gasteiger charge is -2.37. The van der Waals surface area contributed by atoms with Crippen LogP contribution in [-0.4, -0.2) is 31.9 Å². The average molecular weight is 498 g/mol. The van der Waals surface area contributed by atoms with Gasteiger partial charge in [0.15, 0.2) is 0 Å². The van der Waals surface area contributed by atoms with Crippen molar-refractivity contribution in [2.75, 3.05) is 13.2 Å². The standard InChI is InChI=1S/C31H31NO3S/c33-36(34,25-26-14-5-1-6-15-26)32-23-13-22-30(32)24-35-31(27-16-7-2-8-17-27,28-18-9-3-10-19-28)29-20-11-4-12-21-29/h1-12,14-21,30H,13,22-25H2/t30-/m0/s1. The van der Waals surface area contributed by atoms with Gasteiger partial charge in [-0.25, -0.2) is 8.42 Å². The first-order valence-electron chi connectivity index (χ1n) is 12.4. The van der Waals surface area contributed by atoms with Crippen LogP contribution < -0.4 is 0 Å². The van der Waals surface area contributed by atoms with Gasteiger partial charge < -0.3 is 4.74 Å². The van der Waals surface area contributed by atoms with E-state index in [0.29, 0.717) is 13.2 Å². The summed E-state index contributed by atoms with van der Waals surface area (Å²) in [6.07, 6.45) is 1.61. The molecule has 4 nitrogen and oxygen atoms in total. The Balaban J connectivity index is 1.50. The van der Waals surface area contributed by atoms with E-state index >= 15 is 0 Å². The molecule has 1 fully saturated rings. The number of ether oxygens (including phenoxy) is 1. The summed E-state index contributed by atoms with van der Waals surface area (Å²) >= 11 is 0. The topological polar surface area (TPSA) is 46.6 Å². The molecule has 0 amide bonds. The van der Waals surface area contributed by atoms with Crippen molar-refractivity contribution in [3.63, 3.8) is 0 Å². The van der Waals surface area contributed by atoms with Gasteiger partial charge in [-0.1, -0.05) is 121 Å². The van der Waals surface area contributed by atoms with Crippen LogP contribution >= 0.6 is 0 Å². The monoisotopic (exact) mass is 497 g/mol. The first-order chi connectivity index (χ1) is 17.6. The summed E-state index contributed by atoms with van der Waals surface area (Å²) in [6, 6.07) is 39.8. The van der Waals surface area contributed by atoms with Crippen molar-refractivity contribution in [1.82, 2.24) is 4.31 Å². The van der Waals surface area contributed by atoms with E-state index in [4.69, 9.17) is 4.74 Å². The summed E-state index contributed by atoms with van der Waals surface area (Å²) in [5, 5.41) is 0. The quantitative estimate of drug-likeness (QED) is 0.267.